The van der Waals surface area contributed by atoms with Crippen LogP contribution >= 0.6 is 0 Å². The minimum atomic E-state index is -0.209. The van der Waals surface area contributed by atoms with Crippen LogP contribution in [0.2, 0.25) is 0 Å². The van der Waals surface area contributed by atoms with Gasteiger partial charge in [-0.3, -0.25) is 9.59 Å². The van der Waals surface area contributed by atoms with Crippen molar-refractivity contribution in [3.8, 4) is 22.6 Å². The largest absolute Gasteiger partial charge is 0.493 e. The first kappa shape index (κ1) is 25.2. The molecule has 2 rings (SSSR count). The summed E-state index contributed by atoms with van der Waals surface area (Å²) in [7, 11) is 0. The van der Waals surface area contributed by atoms with Crippen molar-refractivity contribution in [3.05, 3.63) is 47.5 Å². The van der Waals surface area contributed by atoms with Gasteiger partial charge in [0.2, 0.25) is 0 Å². The Morgan fingerprint density at radius 3 is 1.38 bits per heavy atom. The van der Waals surface area contributed by atoms with E-state index in [2.05, 4.69) is 0 Å². The Balaban J connectivity index is 2.39. The van der Waals surface area contributed by atoms with Crippen molar-refractivity contribution >= 4 is 11.9 Å². The third-order valence-corrected chi connectivity index (χ3v) is 4.82. The molecular weight excluding hydrogens is 408 g/mol. The Labute approximate surface area is 190 Å². The molecule has 0 aliphatic rings. The van der Waals surface area contributed by atoms with Crippen LogP contribution in [-0.2, 0) is 31.9 Å². The van der Waals surface area contributed by atoms with E-state index in [-0.39, 0.29) is 11.9 Å². The summed E-state index contributed by atoms with van der Waals surface area (Å²) in [5.74, 6) is 1.07. The zero-order chi connectivity index (χ0) is 23.3. The molecule has 174 valence electrons. The monoisotopic (exact) mass is 442 g/mol. The lowest BCUT2D eigenvalue weighted by Crippen LogP contribution is -2.06. The second-order valence-electron chi connectivity index (χ2n) is 7.14. The molecule has 32 heavy (non-hydrogen) atoms. The molecule has 0 N–H and O–H groups in total. The summed E-state index contributed by atoms with van der Waals surface area (Å²) in [6, 6.07) is 11.9. The van der Waals surface area contributed by atoms with E-state index in [0.29, 0.717) is 52.1 Å². The molecule has 0 aliphatic carbocycles. The Morgan fingerprint density at radius 2 is 1.03 bits per heavy atom. The van der Waals surface area contributed by atoms with Crippen molar-refractivity contribution in [1.82, 2.24) is 0 Å². The molecule has 0 radical (unpaired) electrons. The quantitative estimate of drug-likeness (QED) is 0.400. The predicted molar refractivity (Wildman–Crippen MR) is 124 cm³/mol. The molecular formula is C26H34O6. The maximum absolute atomic E-state index is 11.8. The number of rotatable bonds is 13. The number of aryl methyl sites for hydroxylation is 2. The second kappa shape index (κ2) is 13.4. The van der Waals surface area contributed by atoms with Gasteiger partial charge in [-0.15, -0.1) is 0 Å². The van der Waals surface area contributed by atoms with Gasteiger partial charge < -0.3 is 18.9 Å². The minimum absolute atomic E-state index is 0.209. The van der Waals surface area contributed by atoms with Crippen molar-refractivity contribution in [2.45, 2.75) is 53.4 Å². The van der Waals surface area contributed by atoms with Crippen LogP contribution in [-0.4, -0.2) is 38.4 Å². The summed E-state index contributed by atoms with van der Waals surface area (Å²) in [5, 5.41) is 0. The average molecular weight is 443 g/mol. The Kier molecular flexibility index (Phi) is 10.6. The zero-order valence-electron chi connectivity index (χ0n) is 19.6. The summed E-state index contributed by atoms with van der Waals surface area (Å²) < 4.78 is 21.9. The highest BCUT2D eigenvalue weighted by Crippen LogP contribution is 2.38. The molecule has 0 unspecified atom stereocenters. The van der Waals surface area contributed by atoms with Crippen molar-refractivity contribution < 1.29 is 28.5 Å². The average Bonchev–Trinajstić information content (AvgIpc) is 2.78. The van der Waals surface area contributed by atoms with Gasteiger partial charge >= 0.3 is 11.9 Å². The van der Waals surface area contributed by atoms with Gasteiger partial charge in [-0.25, -0.2) is 0 Å². The first-order valence-electron chi connectivity index (χ1n) is 11.3. The third kappa shape index (κ3) is 7.59. The predicted octanol–water partition coefficient (Wildman–Crippen LogP) is 5.14. The van der Waals surface area contributed by atoms with Gasteiger partial charge in [0.15, 0.2) is 0 Å². The summed E-state index contributed by atoms with van der Waals surface area (Å²) in [5.41, 5.74) is 3.82. The van der Waals surface area contributed by atoms with E-state index in [1.807, 2.05) is 50.2 Å². The van der Waals surface area contributed by atoms with Crippen LogP contribution in [0.1, 0.15) is 51.7 Å². The van der Waals surface area contributed by atoms with Gasteiger partial charge in [-0.2, -0.15) is 0 Å². The van der Waals surface area contributed by atoms with E-state index in [9.17, 15) is 9.59 Å². The summed E-state index contributed by atoms with van der Waals surface area (Å²) >= 11 is 0. The van der Waals surface area contributed by atoms with Crippen molar-refractivity contribution in [1.29, 1.82) is 0 Å². The number of benzene rings is 2. The molecule has 0 saturated heterocycles. The van der Waals surface area contributed by atoms with Crippen LogP contribution in [0.5, 0.6) is 11.5 Å². The van der Waals surface area contributed by atoms with E-state index >= 15 is 0 Å². The molecule has 0 heterocycles. The van der Waals surface area contributed by atoms with Gasteiger partial charge in [0.1, 0.15) is 11.5 Å². The minimum Gasteiger partial charge on any atom is -0.493 e. The fourth-order valence-corrected chi connectivity index (χ4v) is 3.41. The molecule has 0 fully saturated rings. The van der Waals surface area contributed by atoms with E-state index in [1.54, 1.807) is 13.8 Å². The molecule has 6 heteroatoms. The lowest BCUT2D eigenvalue weighted by atomic mass is 9.96. The third-order valence-electron chi connectivity index (χ3n) is 4.82. The van der Waals surface area contributed by atoms with Crippen LogP contribution in [0.25, 0.3) is 11.1 Å². The fourth-order valence-electron chi connectivity index (χ4n) is 3.41. The SMILES string of the molecule is CCOC(=O)CCc1ccc(OCC)c(-c2cc(CCC(=O)OCC)ccc2OCC)c1. The van der Waals surface area contributed by atoms with Gasteiger partial charge in [0.05, 0.1) is 26.4 Å². The molecule has 0 bridgehead atoms. The summed E-state index contributed by atoms with van der Waals surface area (Å²) in [4.78, 5) is 23.6. The Morgan fingerprint density at radius 1 is 0.625 bits per heavy atom. The van der Waals surface area contributed by atoms with Crippen LogP contribution in [0, 0.1) is 0 Å². The fraction of sp³-hybridized carbons (Fsp3) is 0.462. The molecule has 0 aliphatic heterocycles. The Hall–Kier alpha value is -3.02. The lowest BCUT2D eigenvalue weighted by molar-refractivity contribution is -0.144. The van der Waals surface area contributed by atoms with E-state index < -0.39 is 0 Å². The number of ether oxygens (including phenoxy) is 4. The molecule has 0 atom stereocenters. The van der Waals surface area contributed by atoms with Crippen LogP contribution in [0.4, 0.5) is 0 Å². The first-order valence-corrected chi connectivity index (χ1v) is 11.3. The molecule has 6 nitrogen and oxygen atoms in total. The number of esters is 2. The van der Waals surface area contributed by atoms with Gasteiger partial charge in [0.25, 0.3) is 0 Å². The molecule has 2 aromatic carbocycles. The van der Waals surface area contributed by atoms with Crippen molar-refractivity contribution in [3.63, 3.8) is 0 Å². The number of hydrogen-bond acceptors (Lipinski definition) is 6. The Bertz CT molecular complexity index is 816. The number of carbonyl (C=O) groups excluding carboxylic acids is 2. The number of hydrogen-bond donors (Lipinski definition) is 0. The molecule has 0 spiro atoms. The van der Waals surface area contributed by atoms with Crippen LogP contribution in [0.15, 0.2) is 36.4 Å². The molecule has 0 amide bonds. The smallest absolute Gasteiger partial charge is 0.306 e. The van der Waals surface area contributed by atoms with Gasteiger partial charge in [-0.1, -0.05) is 12.1 Å². The van der Waals surface area contributed by atoms with Crippen LogP contribution in [0.3, 0.4) is 0 Å². The zero-order valence-corrected chi connectivity index (χ0v) is 19.6. The van der Waals surface area contributed by atoms with Crippen LogP contribution < -0.4 is 9.47 Å². The highest BCUT2D eigenvalue weighted by Gasteiger charge is 2.15. The van der Waals surface area contributed by atoms with Gasteiger partial charge in [0, 0.05) is 24.0 Å². The van der Waals surface area contributed by atoms with E-state index in [1.165, 1.54) is 0 Å². The molecule has 0 aromatic heterocycles. The molecule has 0 saturated carbocycles. The first-order chi connectivity index (χ1) is 15.5. The maximum Gasteiger partial charge on any atom is 0.306 e. The van der Waals surface area contributed by atoms with E-state index in [0.717, 1.165) is 33.8 Å². The van der Waals surface area contributed by atoms with E-state index in [4.69, 9.17) is 18.9 Å². The maximum atomic E-state index is 11.8. The standard InChI is InChI=1S/C26H34O6/c1-5-29-23-13-9-19(11-15-25(27)31-7-3)17-21(23)22-18-20(10-14-24(22)30-6-2)12-16-26(28)32-8-4/h9-10,13-14,17-18H,5-8,11-12,15-16H2,1-4H3. The highest BCUT2D eigenvalue weighted by atomic mass is 16.5. The highest BCUT2D eigenvalue weighted by molar-refractivity contribution is 5.78. The van der Waals surface area contributed by atoms with Crippen molar-refractivity contribution in [2.24, 2.45) is 0 Å². The summed E-state index contributed by atoms with van der Waals surface area (Å²) in [6.45, 7) is 9.31. The number of carbonyl (C=O) groups is 2. The summed E-state index contributed by atoms with van der Waals surface area (Å²) in [6.07, 6.45) is 1.79. The lowest BCUT2D eigenvalue weighted by Gasteiger charge is -2.17. The normalized spacial score (nSPS) is 10.5. The van der Waals surface area contributed by atoms with Gasteiger partial charge in [-0.05, 0) is 75.9 Å². The van der Waals surface area contributed by atoms with Crippen molar-refractivity contribution in [2.75, 3.05) is 26.4 Å². The molecule has 2 aromatic rings. The topological polar surface area (TPSA) is 71.1 Å². The second-order valence-corrected chi connectivity index (χ2v) is 7.14.